The van der Waals surface area contributed by atoms with Gasteiger partial charge in [-0.2, -0.15) is 4.31 Å². The number of aromatic nitrogens is 2. The Morgan fingerprint density at radius 3 is 2.15 bits per heavy atom. The number of methoxy groups -OCH3 is 2. The van der Waals surface area contributed by atoms with Gasteiger partial charge in [-0.15, -0.1) is 6.58 Å². The lowest BCUT2D eigenvalue weighted by Gasteiger charge is -2.20. The molecule has 0 unspecified atom stereocenters. The van der Waals surface area contributed by atoms with Gasteiger partial charge in [-0.3, -0.25) is 14.7 Å². The zero-order chi connectivity index (χ0) is 28.0. The zero-order valence-electron chi connectivity index (χ0n) is 21.4. The molecular weight excluding hydrogens is 540 g/mol. The summed E-state index contributed by atoms with van der Waals surface area (Å²) in [6.45, 7) is 3.13. The van der Waals surface area contributed by atoms with Crippen LogP contribution in [0.3, 0.4) is 0 Å². The van der Waals surface area contributed by atoms with E-state index in [1.807, 2.05) is 24.3 Å². The summed E-state index contributed by atoms with van der Waals surface area (Å²) in [6.07, 6.45) is 3.20. The average molecular weight is 567 g/mol. The highest BCUT2D eigenvalue weighted by molar-refractivity contribution is 7.89. The molecule has 0 saturated heterocycles. The third-order valence-corrected chi connectivity index (χ3v) is 7.88. The van der Waals surface area contributed by atoms with Crippen LogP contribution in [0.4, 0.5) is 5.95 Å². The van der Waals surface area contributed by atoms with E-state index < -0.39 is 22.5 Å². The zero-order valence-corrected chi connectivity index (χ0v) is 22.9. The van der Waals surface area contributed by atoms with E-state index in [2.05, 4.69) is 16.9 Å². The number of halogens is 1. The van der Waals surface area contributed by atoms with Crippen molar-refractivity contribution in [3.63, 3.8) is 0 Å². The van der Waals surface area contributed by atoms with Gasteiger partial charge in [0.2, 0.25) is 21.9 Å². The molecule has 202 valence electrons. The molecule has 3 aromatic carbocycles. The van der Waals surface area contributed by atoms with Crippen molar-refractivity contribution in [3.8, 4) is 28.4 Å². The van der Waals surface area contributed by atoms with Gasteiger partial charge in [0, 0.05) is 29.0 Å². The Bertz CT molecular complexity index is 1550. The maximum absolute atomic E-state index is 13.3. The molecule has 0 fully saturated rings. The third-order valence-electron chi connectivity index (χ3n) is 5.80. The van der Waals surface area contributed by atoms with Crippen LogP contribution in [-0.2, 0) is 14.8 Å². The van der Waals surface area contributed by atoms with Crippen molar-refractivity contribution in [2.75, 3.05) is 32.6 Å². The number of carbonyl (C=O) groups excluding carboxylic acids is 1. The van der Waals surface area contributed by atoms with Crippen LogP contribution in [-0.4, -0.2) is 55.5 Å². The molecule has 1 N–H and O–H groups in total. The highest BCUT2D eigenvalue weighted by atomic mass is 35.5. The molecule has 4 aromatic rings. The fourth-order valence-corrected chi connectivity index (χ4v) is 5.27. The molecule has 9 nitrogen and oxygen atoms in total. The van der Waals surface area contributed by atoms with Gasteiger partial charge in [0.05, 0.1) is 31.4 Å². The second-order valence-electron chi connectivity index (χ2n) is 8.33. The topological polar surface area (TPSA) is 103 Å². The van der Waals surface area contributed by atoms with Gasteiger partial charge in [0.15, 0.2) is 0 Å². The van der Waals surface area contributed by atoms with Crippen LogP contribution in [0.2, 0.25) is 5.02 Å². The van der Waals surface area contributed by atoms with E-state index in [1.54, 1.807) is 54.3 Å². The number of amides is 1. The van der Waals surface area contributed by atoms with Gasteiger partial charge in [-0.25, -0.2) is 13.4 Å². The molecule has 0 atom stereocenters. The molecule has 39 heavy (non-hydrogen) atoms. The number of hydrogen-bond donors (Lipinski definition) is 1. The lowest BCUT2D eigenvalue weighted by molar-refractivity contribution is -0.116. The Hall–Kier alpha value is -4.12. The first-order valence-corrected chi connectivity index (χ1v) is 13.6. The first-order valence-electron chi connectivity index (χ1n) is 11.8. The van der Waals surface area contributed by atoms with Gasteiger partial charge in [-0.1, -0.05) is 29.8 Å². The maximum atomic E-state index is 13.3. The number of carbonyl (C=O) groups is 1. The number of nitrogens with zero attached hydrogens (tertiary/aromatic N) is 3. The number of imidazole rings is 1. The number of hydrogen-bond acceptors (Lipinski definition) is 6. The van der Waals surface area contributed by atoms with E-state index >= 15 is 0 Å². The van der Waals surface area contributed by atoms with Crippen LogP contribution < -0.4 is 14.8 Å². The summed E-state index contributed by atoms with van der Waals surface area (Å²) in [4.78, 5) is 17.8. The monoisotopic (exact) mass is 566 g/mol. The third kappa shape index (κ3) is 6.48. The number of benzene rings is 3. The fraction of sp³-hybridized carbons (Fsp3) is 0.143. The Morgan fingerprint density at radius 1 is 1.00 bits per heavy atom. The summed E-state index contributed by atoms with van der Waals surface area (Å²) in [7, 11) is -0.928. The van der Waals surface area contributed by atoms with Gasteiger partial charge in [-0.05, 0) is 60.7 Å². The Kier molecular flexibility index (Phi) is 8.70. The minimum absolute atomic E-state index is 0.0303. The lowest BCUT2D eigenvalue weighted by Crippen LogP contribution is -2.38. The van der Waals surface area contributed by atoms with Gasteiger partial charge < -0.3 is 9.47 Å². The van der Waals surface area contributed by atoms with E-state index in [-0.39, 0.29) is 17.4 Å². The number of anilines is 1. The summed E-state index contributed by atoms with van der Waals surface area (Å²) in [6, 6.07) is 20.3. The molecule has 0 aliphatic heterocycles. The molecule has 1 heterocycles. The highest BCUT2D eigenvalue weighted by Gasteiger charge is 2.26. The van der Waals surface area contributed by atoms with E-state index in [1.165, 1.54) is 25.3 Å². The number of nitrogens with one attached hydrogen (secondary N) is 1. The molecular formula is C28H27ClN4O5S. The number of ether oxygens (including phenoxy) is 2. The van der Waals surface area contributed by atoms with Crippen molar-refractivity contribution in [2.24, 2.45) is 0 Å². The standard InChI is InChI=1S/C28H27ClN4O5S/c1-4-17-32(39(35,36)25-15-13-24(38-3)14-16-25)19-27(34)31-28-30-26(20-5-7-21(29)8-6-20)18-33(28)22-9-11-23(37-2)12-10-22/h4-16,18H,1,17,19H2,2-3H3,(H,30,31,34). The molecule has 1 aromatic heterocycles. The van der Waals surface area contributed by atoms with Crippen molar-refractivity contribution in [2.45, 2.75) is 4.90 Å². The first kappa shape index (κ1) is 27.9. The minimum atomic E-state index is -4.00. The second-order valence-corrected chi connectivity index (χ2v) is 10.7. The molecule has 11 heteroatoms. The summed E-state index contributed by atoms with van der Waals surface area (Å²) < 4.78 is 39.7. The minimum Gasteiger partial charge on any atom is -0.497 e. The Balaban J connectivity index is 1.63. The second kappa shape index (κ2) is 12.2. The van der Waals surface area contributed by atoms with Gasteiger partial charge in [0.25, 0.3) is 0 Å². The van der Waals surface area contributed by atoms with Crippen molar-refractivity contribution >= 4 is 33.5 Å². The van der Waals surface area contributed by atoms with Gasteiger partial charge in [0.1, 0.15) is 11.5 Å². The van der Waals surface area contributed by atoms with E-state index in [0.717, 1.165) is 9.87 Å². The molecule has 0 aliphatic rings. The molecule has 0 spiro atoms. The average Bonchev–Trinajstić information content (AvgIpc) is 3.36. The predicted octanol–water partition coefficient (Wildman–Crippen LogP) is 5.03. The molecule has 1 amide bonds. The largest absolute Gasteiger partial charge is 0.497 e. The highest BCUT2D eigenvalue weighted by Crippen LogP contribution is 2.27. The molecule has 0 saturated carbocycles. The quantitative estimate of drug-likeness (QED) is 0.256. The fourth-order valence-electron chi connectivity index (χ4n) is 3.78. The predicted molar refractivity (Wildman–Crippen MR) is 151 cm³/mol. The number of sulfonamides is 1. The van der Waals surface area contributed by atoms with E-state index in [0.29, 0.717) is 27.9 Å². The lowest BCUT2D eigenvalue weighted by atomic mass is 10.2. The van der Waals surface area contributed by atoms with Crippen molar-refractivity contribution in [1.29, 1.82) is 0 Å². The Morgan fingerprint density at radius 2 is 1.59 bits per heavy atom. The summed E-state index contributed by atoms with van der Waals surface area (Å²) >= 11 is 6.04. The summed E-state index contributed by atoms with van der Waals surface area (Å²) in [5, 5.41) is 3.35. The van der Waals surface area contributed by atoms with Crippen LogP contribution in [0, 0.1) is 0 Å². The normalized spacial score (nSPS) is 11.3. The van der Waals surface area contributed by atoms with E-state index in [4.69, 9.17) is 21.1 Å². The van der Waals surface area contributed by atoms with Crippen LogP contribution >= 0.6 is 11.6 Å². The smallest absolute Gasteiger partial charge is 0.243 e. The summed E-state index contributed by atoms with van der Waals surface area (Å²) in [5.74, 6) is 0.836. The number of rotatable bonds is 11. The Labute approximate surface area is 232 Å². The molecule has 0 radical (unpaired) electrons. The molecule has 0 aliphatic carbocycles. The SMILES string of the molecule is C=CCN(CC(=O)Nc1nc(-c2ccc(Cl)cc2)cn1-c1ccc(OC)cc1)S(=O)(=O)c1ccc(OC)cc1. The van der Waals surface area contributed by atoms with Crippen molar-refractivity contribution in [1.82, 2.24) is 13.9 Å². The van der Waals surface area contributed by atoms with Crippen LogP contribution in [0.5, 0.6) is 11.5 Å². The van der Waals surface area contributed by atoms with Crippen LogP contribution in [0.1, 0.15) is 0 Å². The molecule has 0 bridgehead atoms. The van der Waals surface area contributed by atoms with Crippen molar-refractivity contribution < 1.29 is 22.7 Å². The van der Waals surface area contributed by atoms with Gasteiger partial charge >= 0.3 is 0 Å². The molecule has 4 rings (SSSR count). The van der Waals surface area contributed by atoms with Crippen LogP contribution in [0.25, 0.3) is 16.9 Å². The van der Waals surface area contributed by atoms with E-state index in [9.17, 15) is 13.2 Å². The first-order chi connectivity index (χ1) is 18.7. The van der Waals surface area contributed by atoms with Crippen molar-refractivity contribution in [3.05, 3.63) is 96.7 Å². The summed E-state index contributed by atoms with van der Waals surface area (Å²) in [5.41, 5.74) is 2.09. The maximum Gasteiger partial charge on any atom is 0.243 e. The van der Waals surface area contributed by atoms with Crippen LogP contribution in [0.15, 0.2) is 96.5 Å².